The van der Waals surface area contributed by atoms with E-state index >= 15 is 0 Å². The van der Waals surface area contributed by atoms with Gasteiger partial charge in [0.2, 0.25) is 0 Å². The zero-order chi connectivity index (χ0) is 16.2. The predicted octanol–water partition coefficient (Wildman–Crippen LogP) is 3.20. The van der Waals surface area contributed by atoms with Crippen LogP contribution in [0.5, 0.6) is 0 Å². The molecule has 1 aromatic rings. The van der Waals surface area contributed by atoms with Crippen LogP contribution in [0.4, 0.5) is 11.5 Å². The monoisotopic (exact) mass is 314 g/mol. The minimum Gasteiger partial charge on any atom is -0.381 e. The number of pyridine rings is 1. The van der Waals surface area contributed by atoms with Crippen molar-refractivity contribution in [3.05, 3.63) is 29.3 Å². The molecule has 22 heavy (non-hydrogen) atoms. The molecule has 0 fully saturated rings. The van der Waals surface area contributed by atoms with Crippen LogP contribution in [0.3, 0.4) is 0 Å². The molecule has 2 heterocycles. The molecule has 0 aromatic carbocycles. The van der Waals surface area contributed by atoms with Crippen molar-refractivity contribution in [2.75, 3.05) is 11.9 Å². The fourth-order valence-corrected chi connectivity index (χ4v) is 3.24. The van der Waals surface area contributed by atoms with Gasteiger partial charge in [-0.2, -0.15) is 0 Å². The molecule has 116 valence electrons. The molecular weight excluding hydrogens is 292 g/mol. The number of anilines is 1. The van der Waals surface area contributed by atoms with Gasteiger partial charge in [0.1, 0.15) is 0 Å². The van der Waals surface area contributed by atoms with Crippen molar-refractivity contribution in [3.8, 4) is 11.8 Å². The number of thioether (sulfide) groups is 1. The topological polar surface area (TPSA) is 63.3 Å². The standard InChI is InChI=1S/C17H22N4S/c1-12-10-13(7-8-17(2,3)18)22-15(12)11-21-14-6-5-9-20-16(14)19-4/h5-6,9-10,12,15,21H,4,11,18H2,1-3H3. The molecule has 1 aliphatic rings. The van der Waals surface area contributed by atoms with Crippen LogP contribution in [0, 0.1) is 17.8 Å². The highest BCUT2D eigenvalue weighted by atomic mass is 32.2. The molecule has 0 spiro atoms. The van der Waals surface area contributed by atoms with E-state index in [-0.39, 0.29) is 0 Å². The van der Waals surface area contributed by atoms with E-state index in [9.17, 15) is 0 Å². The Morgan fingerprint density at radius 2 is 2.32 bits per heavy atom. The number of nitrogens with zero attached hydrogens (tertiary/aromatic N) is 2. The SMILES string of the molecule is C=Nc1ncccc1NCC1SC(C#CC(C)(C)N)=CC1C. The van der Waals surface area contributed by atoms with Gasteiger partial charge in [-0.3, -0.25) is 0 Å². The van der Waals surface area contributed by atoms with Crippen LogP contribution in [-0.4, -0.2) is 29.0 Å². The first kappa shape index (κ1) is 16.6. The quantitative estimate of drug-likeness (QED) is 0.662. The fourth-order valence-electron chi connectivity index (χ4n) is 2.05. The van der Waals surface area contributed by atoms with Gasteiger partial charge < -0.3 is 11.1 Å². The summed E-state index contributed by atoms with van der Waals surface area (Å²) < 4.78 is 0. The van der Waals surface area contributed by atoms with Gasteiger partial charge in [-0.05, 0) is 38.6 Å². The lowest BCUT2D eigenvalue weighted by atomic mass is 10.1. The van der Waals surface area contributed by atoms with Crippen molar-refractivity contribution < 1.29 is 0 Å². The summed E-state index contributed by atoms with van der Waals surface area (Å²) >= 11 is 1.79. The van der Waals surface area contributed by atoms with Crippen molar-refractivity contribution in [3.63, 3.8) is 0 Å². The Labute approximate surface area is 136 Å². The van der Waals surface area contributed by atoms with Crippen molar-refractivity contribution in [1.29, 1.82) is 0 Å². The Kier molecular flexibility index (Phi) is 5.28. The molecule has 0 amide bonds. The van der Waals surface area contributed by atoms with E-state index < -0.39 is 5.54 Å². The van der Waals surface area contributed by atoms with Gasteiger partial charge >= 0.3 is 0 Å². The highest BCUT2D eigenvalue weighted by Crippen LogP contribution is 2.36. The van der Waals surface area contributed by atoms with Crippen LogP contribution in [0.1, 0.15) is 20.8 Å². The van der Waals surface area contributed by atoms with Crippen molar-refractivity contribution >= 4 is 30.0 Å². The van der Waals surface area contributed by atoms with Gasteiger partial charge in [0.05, 0.1) is 16.1 Å². The van der Waals surface area contributed by atoms with Gasteiger partial charge in [0.15, 0.2) is 5.82 Å². The molecule has 2 atom stereocenters. The summed E-state index contributed by atoms with van der Waals surface area (Å²) in [5.41, 5.74) is 6.36. The van der Waals surface area contributed by atoms with E-state index in [1.165, 1.54) is 0 Å². The third-order valence-electron chi connectivity index (χ3n) is 3.22. The highest BCUT2D eigenvalue weighted by Gasteiger charge is 2.24. The summed E-state index contributed by atoms with van der Waals surface area (Å²) in [6.45, 7) is 10.4. The summed E-state index contributed by atoms with van der Waals surface area (Å²) in [7, 11) is 0. The Morgan fingerprint density at radius 3 is 3.00 bits per heavy atom. The average Bonchev–Trinajstić information content (AvgIpc) is 2.83. The van der Waals surface area contributed by atoms with Crippen LogP contribution < -0.4 is 11.1 Å². The molecule has 0 saturated heterocycles. The lowest BCUT2D eigenvalue weighted by Crippen LogP contribution is -2.29. The van der Waals surface area contributed by atoms with Gasteiger partial charge in [-0.15, -0.1) is 11.8 Å². The van der Waals surface area contributed by atoms with Gasteiger partial charge in [-0.1, -0.05) is 24.8 Å². The maximum absolute atomic E-state index is 5.90. The zero-order valence-corrected chi connectivity index (χ0v) is 14.1. The van der Waals surface area contributed by atoms with Gasteiger partial charge in [0.25, 0.3) is 0 Å². The summed E-state index contributed by atoms with van der Waals surface area (Å²) in [5, 5.41) is 3.84. The number of aromatic nitrogens is 1. The Morgan fingerprint density at radius 1 is 1.55 bits per heavy atom. The second-order valence-corrected chi connectivity index (χ2v) is 7.21. The molecule has 1 aromatic heterocycles. The van der Waals surface area contributed by atoms with Gasteiger partial charge in [0, 0.05) is 18.0 Å². The summed E-state index contributed by atoms with van der Waals surface area (Å²) in [6, 6.07) is 3.85. The summed E-state index contributed by atoms with van der Waals surface area (Å²) in [4.78, 5) is 9.21. The number of aliphatic imine (C=N–C) groups is 1. The van der Waals surface area contributed by atoms with Crippen molar-refractivity contribution in [1.82, 2.24) is 4.98 Å². The molecule has 5 heteroatoms. The number of hydrogen-bond acceptors (Lipinski definition) is 5. The average molecular weight is 314 g/mol. The van der Waals surface area contributed by atoms with E-state index in [0.29, 0.717) is 17.0 Å². The summed E-state index contributed by atoms with van der Waals surface area (Å²) in [5.74, 6) is 7.36. The lowest BCUT2D eigenvalue weighted by molar-refractivity contribution is 0.680. The first-order valence-corrected chi connectivity index (χ1v) is 8.13. The van der Waals surface area contributed by atoms with Crippen LogP contribution in [0.25, 0.3) is 0 Å². The lowest BCUT2D eigenvalue weighted by Gasteiger charge is -2.16. The van der Waals surface area contributed by atoms with E-state index in [1.807, 2.05) is 26.0 Å². The molecule has 1 aliphatic heterocycles. The van der Waals surface area contributed by atoms with E-state index in [4.69, 9.17) is 5.73 Å². The van der Waals surface area contributed by atoms with Crippen molar-refractivity contribution in [2.45, 2.75) is 31.6 Å². The minimum atomic E-state index is -0.457. The van der Waals surface area contributed by atoms with Gasteiger partial charge in [-0.25, -0.2) is 9.98 Å². The van der Waals surface area contributed by atoms with Crippen LogP contribution in [0.15, 0.2) is 34.3 Å². The number of rotatable bonds is 4. The zero-order valence-electron chi connectivity index (χ0n) is 13.3. The molecule has 0 radical (unpaired) electrons. The Hall–Kier alpha value is -1.77. The third-order valence-corrected chi connectivity index (χ3v) is 4.61. The largest absolute Gasteiger partial charge is 0.381 e. The second kappa shape index (κ2) is 6.99. The molecular formula is C17H22N4S. The summed E-state index contributed by atoms with van der Waals surface area (Å²) in [6.07, 6.45) is 3.93. The smallest absolute Gasteiger partial charge is 0.174 e. The maximum atomic E-state index is 5.90. The Balaban J connectivity index is 1.96. The maximum Gasteiger partial charge on any atom is 0.174 e. The molecule has 3 N–H and O–H groups in total. The van der Waals surface area contributed by atoms with Crippen LogP contribution in [0.2, 0.25) is 0 Å². The molecule has 2 unspecified atom stereocenters. The number of hydrogen-bond donors (Lipinski definition) is 2. The number of nitrogens with one attached hydrogen (secondary N) is 1. The third kappa shape index (κ3) is 4.62. The molecule has 2 rings (SSSR count). The van der Waals surface area contributed by atoms with Crippen molar-refractivity contribution in [2.24, 2.45) is 16.6 Å². The Bertz CT molecular complexity index is 634. The normalized spacial score (nSPS) is 20.8. The first-order valence-electron chi connectivity index (χ1n) is 7.25. The molecule has 4 nitrogen and oxygen atoms in total. The highest BCUT2D eigenvalue weighted by molar-refractivity contribution is 8.04. The van der Waals surface area contributed by atoms with E-state index in [2.05, 4.69) is 46.9 Å². The first-order chi connectivity index (χ1) is 10.4. The van der Waals surface area contributed by atoms with Crippen LogP contribution in [-0.2, 0) is 0 Å². The number of nitrogens with two attached hydrogens (primary N) is 1. The van der Waals surface area contributed by atoms with Crippen LogP contribution >= 0.6 is 11.8 Å². The molecule has 0 bridgehead atoms. The van der Waals surface area contributed by atoms with E-state index in [1.54, 1.807) is 18.0 Å². The second-order valence-electron chi connectivity index (χ2n) is 5.93. The minimum absolute atomic E-state index is 0.433. The fraction of sp³-hybridized carbons (Fsp3) is 0.412. The molecule has 0 aliphatic carbocycles. The number of allylic oxidation sites excluding steroid dienone is 2. The van der Waals surface area contributed by atoms with E-state index in [0.717, 1.165) is 17.1 Å². The predicted molar refractivity (Wildman–Crippen MR) is 96.6 cm³/mol. The molecule has 0 saturated carbocycles.